The van der Waals surface area contributed by atoms with Gasteiger partial charge in [0.1, 0.15) is 54.4 Å². The van der Waals surface area contributed by atoms with Gasteiger partial charge in [0.25, 0.3) is 5.91 Å². The maximum absolute atomic E-state index is 15.3. The summed E-state index contributed by atoms with van der Waals surface area (Å²) in [6, 6.07) is -12.5. The highest BCUT2D eigenvalue weighted by atomic mass is 16.6. The number of carbonyl (C=O) groups is 11. The van der Waals surface area contributed by atoms with Crippen LogP contribution in [0.1, 0.15) is 162 Å². The van der Waals surface area contributed by atoms with E-state index in [1.54, 1.807) is 41.7 Å². The molecule has 1 aromatic rings. The van der Waals surface area contributed by atoms with Crippen LogP contribution in [0, 0.1) is 47.3 Å². The second-order valence-electron chi connectivity index (χ2n) is 28.8. The molecule has 0 radical (unpaired) electrons. The number of carbonyl (C=O) groups excluding carboxylic acids is 11. The molecule has 0 bridgehead atoms. The third-order valence-corrected chi connectivity index (χ3v) is 17.1. The van der Waals surface area contributed by atoms with E-state index in [-0.39, 0.29) is 74.7 Å². The third kappa shape index (κ3) is 24.4. The summed E-state index contributed by atoms with van der Waals surface area (Å²) in [6.07, 6.45) is -4.07. The van der Waals surface area contributed by atoms with E-state index in [0.717, 1.165) is 14.7 Å². The molecule has 2 heterocycles. The Balaban J connectivity index is 3.03. The number of aliphatic hydroxyl groups is 2. The number of esters is 1. The average Bonchev–Trinajstić information content (AvgIpc) is 1.07. The SMILES string of the molecule is CC(C)C[C@@H]1NC(=O)[C@H](CC(C)C)N(C)C(=O)[C@@H](C(C)C)OC(=O)[C@@H](C)NC(=O)[C@H](CC(C)C)N(C)C(=O)[C@H](CC(C)C)NC(=O)[C@H](CC(C)C)N(C)C(=O)CN(C)C(=O)[C@H](C(C)O)NC(=O)[C@H](C(O)[C@H](C)CCN(C)Cc2nn[nH]n2)N(C)C(=O)[C@H](C(C)C)N(C)C1=O. The van der Waals surface area contributed by atoms with Crippen LogP contribution in [0.4, 0.5) is 0 Å². The highest BCUT2D eigenvalue weighted by molar-refractivity contribution is 5.99. The predicted octanol–water partition coefficient (Wildman–Crippen LogP) is 1.42. The van der Waals surface area contributed by atoms with Gasteiger partial charge in [0, 0.05) is 42.3 Å². The predicted molar refractivity (Wildman–Crippen MR) is 353 cm³/mol. The minimum absolute atomic E-state index is 0.0627. The first-order chi connectivity index (χ1) is 43.5. The van der Waals surface area contributed by atoms with Crippen LogP contribution >= 0.6 is 0 Å². The third-order valence-electron chi connectivity index (χ3n) is 17.1. The van der Waals surface area contributed by atoms with Crippen molar-refractivity contribution >= 4 is 65.0 Å². The van der Waals surface area contributed by atoms with E-state index in [0.29, 0.717) is 12.4 Å². The van der Waals surface area contributed by atoms with E-state index in [9.17, 15) is 48.6 Å². The van der Waals surface area contributed by atoms with Gasteiger partial charge in [0.15, 0.2) is 11.9 Å². The fraction of sp³-hybridized carbons (Fsp3) is 0.815. The number of hydrogen-bond acceptors (Lipinski definition) is 18. The Morgan fingerprint density at radius 3 is 1.38 bits per heavy atom. The Hall–Kier alpha value is -6.88. The summed E-state index contributed by atoms with van der Waals surface area (Å²) in [5.41, 5.74) is 0. The van der Waals surface area contributed by atoms with Crippen molar-refractivity contribution in [2.45, 2.75) is 235 Å². The first-order valence-electron chi connectivity index (χ1n) is 33.2. The number of nitrogens with one attached hydrogen (secondary N) is 5. The van der Waals surface area contributed by atoms with Crippen molar-refractivity contribution < 1.29 is 67.7 Å². The smallest absolute Gasteiger partial charge is 0.329 e. The standard InChI is InChI=1S/C65H117N15O14/c1-34(2)27-44-60(88)77(21)47(30-37(7)8)56(84)66-42(16)65(93)94-55(40(13)14)64(92)78(22)48(31-38(9)10)58(86)68-45(28-35(3)4)61(89)79(23)52(39(11)12)63(91)80(24)53(54(83)41(15)25-26-74(18)32-49-70-72-73-71-49)59(87)69-51(43(17)81)62(90)75(19)33-50(82)76(20)46(29-36(5)6)57(85)67-44/h34-48,51-55,81,83H,25-33H2,1-24H3,(H,66,84)(H,67,85)(H,68,86)(H,69,87)(H,70,71,72,73)/t41-,42-,43?,44+,45+,46+,47+,48+,51+,52+,53+,54?,55-/m1/s1. The molecule has 0 aromatic carbocycles. The number of H-pyrrole nitrogens is 1. The molecule has 0 aliphatic carbocycles. The normalized spacial score (nSPS) is 25.7. The number of hydrogen-bond donors (Lipinski definition) is 7. The lowest BCUT2D eigenvalue weighted by Gasteiger charge is -2.40. The van der Waals surface area contributed by atoms with E-state index < -0.39 is 162 Å². The average molecular weight is 1330 g/mol. The molecular formula is C65H117N15O14. The summed E-state index contributed by atoms with van der Waals surface area (Å²) in [6.45, 7) is 29.2. The van der Waals surface area contributed by atoms with Crippen molar-refractivity contribution in [1.82, 2.24) is 76.2 Å². The van der Waals surface area contributed by atoms with Crippen molar-refractivity contribution in [3.8, 4) is 0 Å². The molecule has 94 heavy (non-hydrogen) atoms. The molecule has 7 N–H and O–H groups in total. The number of aliphatic hydroxyl groups excluding tert-OH is 2. The molecule has 29 nitrogen and oxygen atoms in total. The molecule has 10 amide bonds. The number of aromatic amines is 1. The summed E-state index contributed by atoms with van der Waals surface area (Å²) in [5.74, 6) is -11.5. The number of cyclic esters (lactones) is 1. The quantitative estimate of drug-likeness (QED) is 0.0908. The van der Waals surface area contributed by atoms with Crippen LogP contribution in [0.2, 0.25) is 0 Å². The summed E-state index contributed by atoms with van der Waals surface area (Å²) >= 11 is 0. The van der Waals surface area contributed by atoms with Crippen LogP contribution in [-0.2, 0) is 64.0 Å². The monoisotopic (exact) mass is 1330 g/mol. The number of ether oxygens (including phenoxy) is 1. The van der Waals surface area contributed by atoms with Gasteiger partial charge in [0.05, 0.1) is 25.3 Å². The molecule has 1 aliphatic rings. The van der Waals surface area contributed by atoms with Crippen LogP contribution in [0.3, 0.4) is 0 Å². The molecule has 1 fully saturated rings. The van der Waals surface area contributed by atoms with Crippen LogP contribution in [-0.4, -0.2) is 265 Å². The van der Waals surface area contributed by atoms with Gasteiger partial charge in [-0.05, 0) is 113 Å². The van der Waals surface area contributed by atoms with Crippen LogP contribution in [0.25, 0.3) is 0 Å². The lowest BCUT2D eigenvalue weighted by molar-refractivity contribution is -0.166. The molecule has 1 saturated heterocycles. The Morgan fingerprint density at radius 2 is 0.957 bits per heavy atom. The van der Waals surface area contributed by atoms with Crippen LogP contribution in [0.5, 0.6) is 0 Å². The van der Waals surface area contributed by atoms with Crippen LogP contribution in [0.15, 0.2) is 0 Å². The minimum atomic E-state index is -1.80. The van der Waals surface area contributed by atoms with Gasteiger partial charge >= 0.3 is 5.97 Å². The zero-order valence-electron chi connectivity index (χ0n) is 60.7. The van der Waals surface area contributed by atoms with E-state index in [1.165, 1.54) is 70.8 Å². The fourth-order valence-corrected chi connectivity index (χ4v) is 11.5. The Bertz CT molecular complexity index is 2670. The molecule has 2 rings (SSSR count). The van der Waals surface area contributed by atoms with Gasteiger partial charge < -0.3 is 65.6 Å². The number of likely N-dealkylation sites (N-methyl/N-ethyl adjacent to an activating group) is 6. The summed E-state index contributed by atoms with van der Waals surface area (Å²) < 4.78 is 5.91. The summed E-state index contributed by atoms with van der Waals surface area (Å²) in [4.78, 5) is 171. The Morgan fingerprint density at radius 1 is 0.521 bits per heavy atom. The lowest BCUT2D eigenvalue weighted by Crippen LogP contribution is -2.64. The maximum Gasteiger partial charge on any atom is 0.329 e. The van der Waals surface area contributed by atoms with Gasteiger partial charge in [-0.1, -0.05) is 109 Å². The number of rotatable bonds is 20. The largest absolute Gasteiger partial charge is 0.450 e. The fourth-order valence-electron chi connectivity index (χ4n) is 11.5. The molecule has 536 valence electrons. The number of tetrazole rings is 1. The van der Waals surface area contributed by atoms with Gasteiger partial charge in [-0.15, -0.1) is 10.2 Å². The molecular weight excluding hydrogens is 1210 g/mol. The van der Waals surface area contributed by atoms with E-state index in [4.69, 9.17) is 4.74 Å². The van der Waals surface area contributed by atoms with Crippen molar-refractivity contribution in [2.75, 3.05) is 62.4 Å². The number of aromatic nitrogens is 4. The lowest BCUT2D eigenvalue weighted by atomic mass is 9.91. The first kappa shape index (κ1) is 83.2. The van der Waals surface area contributed by atoms with Gasteiger partial charge in [-0.3, -0.25) is 52.8 Å². The van der Waals surface area contributed by atoms with Crippen molar-refractivity contribution in [3.63, 3.8) is 0 Å². The van der Waals surface area contributed by atoms with Crippen molar-refractivity contribution in [2.24, 2.45) is 47.3 Å². The summed E-state index contributed by atoms with van der Waals surface area (Å²) in [5, 5.41) is 48.7. The topological polar surface area (TPSA) is 363 Å². The molecule has 1 aromatic heterocycles. The zero-order valence-corrected chi connectivity index (χ0v) is 60.7. The van der Waals surface area contributed by atoms with E-state index in [1.807, 2.05) is 74.1 Å². The summed E-state index contributed by atoms with van der Waals surface area (Å²) in [7, 11) is 9.87. The zero-order chi connectivity index (χ0) is 72.2. The van der Waals surface area contributed by atoms with Gasteiger partial charge in [-0.2, -0.15) is 5.21 Å². The second-order valence-corrected chi connectivity index (χ2v) is 28.8. The van der Waals surface area contributed by atoms with Gasteiger partial charge in [0.2, 0.25) is 53.2 Å². The number of amides is 10. The van der Waals surface area contributed by atoms with Crippen LogP contribution < -0.4 is 21.3 Å². The number of nitrogens with zero attached hydrogens (tertiary/aromatic N) is 10. The van der Waals surface area contributed by atoms with E-state index >= 15 is 14.4 Å². The molecule has 0 spiro atoms. The molecule has 13 atom stereocenters. The van der Waals surface area contributed by atoms with Gasteiger partial charge in [-0.25, -0.2) is 4.79 Å². The Labute approximate surface area is 558 Å². The van der Waals surface area contributed by atoms with E-state index in [2.05, 4.69) is 41.9 Å². The first-order valence-corrected chi connectivity index (χ1v) is 33.2. The molecule has 29 heteroatoms. The van der Waals surface area contributed by atoms with Crippen molar-refractivity contribution in [3.05, 3.63) is 5.82 Å². The second kappa shape index (κ2) is 38.0. The highest BCUT2D eigenvalue weighted by Crippen LogP contribution is 2.25. The Kier molecular flexibility index (Phi) is 33.6. The van der Waals surface area contributed by atoms with Crippen molar-refractivity contribution in [1.29, 1.82) is 0 Å². The molecule has 0 saturated carbocycles. The highest BCUT2D eigenvalue weighted by Gasteiger charge is 2.46. The maximum atomic E-state index is 15.3. The minimum Gasteiger partial charge on any atom is -0.450 e. The molecule has 1 aliphatic heterocycles. The molecule has 2 unspecified atom stereocenters.